The van der Waals surface area contributed by atoms with Crippen molar-refractivity contribution in [3.63, 3.8) is 0 Å². The van der Waals surface area contributed by atoms with E-state index in [1.807, 2.05) is 22.9 Å². The molecule has 0 bridgehead atoms. The molecule has 7 aromatic carbocycles. The predicted molar refractivity (Wildman–Crippen MR) is 235 cm³/mol. The van der Waals surface area contributed by atoms with Crippen LogP contribution in [0, 0.1) is 0 Å². The van der Waals surface area contributed by atoms with E-state index in [-0.39, 0.29) is 0 Å². The zero-order chi connectivity index (χ0) is 37.3. The van der Waals surface area contributed by atoms with Crippen LogP contribution in [0.4, 0.5) is 34.1 Å². The second-order valence-corrected chi connectivity index (χ2v) is 24.2. The van der Waals surface area contributed by atoms with E-state index in [1.165, 1.54) is 43.5 Å². The van der Waals surface area contributed by atoms with E-state index in [1.54, 1.807) is 0 Å². The zero-order valence-corrected chi connectivity index (χ0v) is 33.5. The molecular formula is C48H41N5Si2. The van der Waals surface area contributed by atoms with Crippen molar-refractivity contribution in [3.8, 4) is 28.5 Å². The molecule has 0 radical (unpaired) electrons. The van der Waals surface area contributed by atoms with Gasteiger partial charge in [0, 0.05) is 45.3 Å². The van der Waals surface area contributed by atoms with Crippen molar-refractivity contribution in [2.45, 2.75) is 26.2 Å². The van der Waals surface area contributed by atoms with Gasteiger partial charge in [0.25, 0.3) is 0 Å². The van der Waals surface area contributed by atoms with Gasteiger partial charge in [-0.3, -0.25) is 0 Å². The number of aromatic nitrogens is 3. The molecule has 2 aliphatic rings. The number of para-hydroxylation sites is 5. The van der Waals surface area contributed by atoms with Gasteiger partial charge in [0.05, 0.1) is 5.69 Å². The van der Waals surface area contributed by atoms with Gasteiger partial charge >= 0.3 is 0 Å². The summed E-state index contributed by atoms with van der Waals surface area (Å²) < 4.78 is 1.97. The van der Waals surface area contributed by atoms with Crippen molar-refractivity contribution in [2.75, 3.05) is 9.80 Å². The second-order valence-electron chi connectivity index (χ2n) is 15.6. The third-order valence-corrected chi connectivity index (χ3v) is 18.7. The Hall–Kier alpha value is -6.29. The van der Waals surface area contributed by atoms with E-state index in [9.17, 15) is 0 Å². The van der Waals surface area contributed by atoms with Crippen LogP contribution in [0.5, 0.6) is 0 Å². The van der Waals surface area contributed by atoms with Crippen molar-refractivity contribution in [2.24, 2.45) is 0 Å². The van der Waals surface area contributed by atoms with Gasteiger partial charge in [0.2, 0.25) is 0 Å². The van der Waals surface area contributed by atoms with Crippen LogP contribution in [0.2, 0.25) is 26.2 Å². The maximum absolute atomic E-state index is 5.23. The number of fused-ring (bicyclic) bond motifs is 4. The van der Waals surface area contributed by atoms with Gasteiger partial charge in [0.15, 0.2) is 11.6 Å². The number of anilines is 6. The quantitative estimate of drug-likeness (QED) is 0.165. The lowest BCUT2D eigenvalue weighted by Gasteiger charge is -2.41. The summed E-state index contributed by atoms with van der Waals surface area (Å²) in [6.07, 6.45) is 0. The molecular weight excluding hydrogens is 703 g/mol. The number of rotatable bonds is 5. The maximum atomic E-state index is 5.23. The van der Waals surface area contributed by atoms with Crippen molar-refractivity contribution >= 4 is 71.0 Å². The van der Waals surface area contributed by atoms with E-state index >= 15 is 0 Å². The molecule has 1 aromatic heterocycles. The molecule has 0 saturated carbocycles. The molecule has 0 amide bonds. The molecule has 0 spiro atoms. The summed E-state index contributed by atoms with van der Waals surface area (Å²) in [7, 11) is -3.71. The Bertz CT molecular complexity index is 2620. The molecule has 10 rings (SSSR count). The largest absolute Gasteiger partial charge is 0.311 e. The smallest absolute Gasteiger partial charge is 0.182 e. The van der Waals surface area contributed by atoms with Crippen LogP contribution < -0.4 is 30.5 Å². The maximum Gasteiger partial charge on any atom is 0.182 e. The van der Waals surface area contributed by atoms with Crippen LogP contribution in [-0.2, 0) is 0 Å². The molecule has 0 atom stereocenters. The number of hydrogen-bond donors (Lipinski definition) is 0. The molecule has 55 heavy (non-hydrogen) atoms. The molecule has 5 nitrogen and oxygen atoms in total. The minimum atomic E-state index is -1.86. The summed E-state index contributed by atoms with van der Waals surface area (Å²) >= 11 is 0. The Kier molecular flexibility index (Phi) is 7.66. The Morgan fingerprint density at radius 3 is 1.15 bits per heavy atom. The van der Waals surface area contributed by atoms with Gasteiger partial charge < -0.3 is 9.80 Å². The van der Waals surface area contributed by atoms with Gasteiger partial charge in [-0.15, -0.1) is 5.10 Å². The van der Waals surface area contributed by atoms with Crippen molar-refractivity contribution in [3.05, 3.63) is 176 Å². The number of hydrogen-bond acceptors (Lipinski definition) is 4. The van der Waals surface area contributed by atoms with Gasteiger partial charge in [-0.2, -0.15) is 0 Å². The van der Waals surface area contributed by atoms with Gasteiger partial charge in [-0.1, -0.05) is 117 Å². The summed E-state index contributed by atoms with van der Waals surface area (Å²) in [4.78, 5) is 10.1. The SMILES string of the molecule is C[Si]1(C)c2ccccc2N(c2ccc(-c3nc(-c4ccc(N5c6ccccc6[Si](C)(C)c6ccccc65)cc4)n(-c4ccccc4)n3)cc2)c2ccccc21. The molecule has 266 valence electrons. The number of benzene rings is 7. The van der Waals surface area contributed by atoms with E-state index in [2.05, 4.69) is 194 Å². The van der Waals surface area contributed by atoms with E-state index < -0.39 is 16.1 Å². The monoisotopic (exact) mass is 743 g/mol. The second kappa shape index (κ2) is 12.7. The van der Waals surface area contributed by atoms with Crippen LogP contribution in [-0.4, -0.2) is 30.9 Å². The third-order valence-electron chi connectivity index (χ3n) is 11.6. The third kappa shape index (κ3) is 5.26. The molecule has 3 heterocycles. The highest BCUT2D eigenvalue weighted by Crippen LogP contribution is 2.40. The fourth-order valence-electron chi connectivity index (χ4n) is 8.78. The van der Waals surface area contributed by atoms with Crippen molar-refractivity contribution in [1.82, 2.24) is 14.8 Å². The van der Waals surface area contributed by atoms with Crippen LogP contribution in [0.15, 0.2) is 176 Å². The highest BCUT2D eigenvalue weighted by molar-refractivity contribution is 7.03. The van der Waals surface area contributed by atoms with Crippen LogP contribution in [0.25, 0.3) is 28.5 Å². The van der Waals surface area contributed by atoms with Crippen molar-refractivity contribution in [1.29, 1.82) is 0 Å². The zero-order valence-electron chi connectivity index (χ0n) is 31.5. The first-order valence-electron chi connectivity index (χ1n) is 19.0. The Labute approximate surface area is 324 Å². The van der Waals surface area contributed by atoms with Crippen molar-refractivity contribution < 1.29 is 0 Å². The first kappa shape index (κ1) is 33.3. The lowest BCUT2D eigenvalue weighted by molar-refractivity contribution is 0.890. The lowest BCUT2D eigenvalue weighted by Crippen LogP contribution is -2.58. The molecule has 0 N–H and O–H groups in total. The predicted octanol–water partition coefficient (Wildman–Crippen LogP) is 9.81. The molecule has 0 fully saturated rings. The Morgan fingerprint density at radius 2 is 0.727 bits per heavy atom. The summed E-state index contributed by atoms with van der Waals surface area (Å²) in [5.74, 6) is 1.49. The molecule has 0 saturated heterocycles. The average Bonchev–Trinajstić information content (AvgIpc) is 3.68. The fourth-order valence-corrected chi connectivity index (χ4v) is 14.8. The summed E-state index contributed by atoms with van der Waals surface area (Å²) in [5.41, 5.74) is 10.3. The topological polar surface area (TPSA) is 37.2 Å². The number of nitrogens with zero attached hydrogens (tertiary/aromatic N) is 5. The van der Waals surface area contributed by atoms with E-state index in [0.29, 0.717) is 5.82 Å². The lowest BCUT2D eigenvalue weighted by atomic mass is 10.1. The minimum absolute atomic E-state index is 0.688. The average molecular weight is 744 g/mol. The Morgan fingerprint density at radius 1 is 0.364 bits per heavy atom. The summed E-state index contributed by atoms with van der Waals surface area (Å²) in [6, 6.07) is 63.5. The van der Waals surface area contributed by atoms with Crippen LogP contribution in [0.3, 0.4) is 0 Å². The van der Waals surface area contributed by atoms with Gasteiger partial charge in [0.1, 0.15) is 16.1 Å². The highest BCUT2D eigenvalue weighted by Gasteiger charge is 2.39. The molecule has 0 unspecified atom stereocenters. The van der Waals surface area contributed by atoms with Gasteiger partial charge in [-0.05, 0) is 106 Å². The van der Waals surface area contributed by atoms with Crippen LogP contribution >= 0.6 is 0 Å². The highest BCUT2D eigenvalue weighted by atomic mass is 28.3. The minimum Gasteiger partial charge on any atom is -0.311 e. The fraction of sp³-hybridized carbons (Fsp3) is 0.0833. The standard InChI is InChI=1S/C48H41N5Si2/c1-54(2)43-22-12-8-18-39(43)51(40-19-9-13-23-44(40)54)36-30-26-34(27-31-36)47-49-48(53(50-47)38-16-6-5-7-17-38)35-28-32-37(33-29-35)52-41-20-10-14-24-45(41)55(3,4)46-25-15-11-21-42(46)52/h5-33H,1-4H3. The molecule has 0 aliphatic carbocycles. The van der Waals surface area contributed by atoms with E-state index in [4.69, 9.17) is 10.1 Å². The first-order chi connectivity index (χ1) is 26.8. The molecule has 2 aliphatic heterocycles. The summed E-state index contributed by atoms with van der Waals surface area (Å²) in [5, 5.41) is 11.0. The van der Waals surface area contributed by atoms with E-state index in [0.717, 1.165) is 34.0 Å². The van der Waals surface area contributed by atoms with Gasteiger partial charge in [-0.25, -0.2) is 9.67 Å². The molecule has 7 heteroatoms. The Balaban J connectivity index is 1.03. The normalized spacial score (nSPS) is 14.8. The first-order valence-corrected chi connectivity index (χ1v) is 25.0. The summed E-state index contributed by atoms with van der Waals surface area (Å²) in [6.45, 7) is 9.83. The van der Waals surface area contributed by atoms with Crippen LogP contribution in [0.1, 0.15) is 0 Å². The molecule has 8 aromatic rings.